The molecule has 0 bridgehead atoms. The van der Waals surface area contributed by atoms with Crippen LogP contribution in [0.25, 0.3) is 20.9 Å². The number of rotatable bonds is 4. The summed E-state index contributed by atoms with van der Waals surface area (Å²) in [5.41, 5.74) is 1.69. The summed E-state index contributed by atoms with van der Waals surface area (Å²) in [6.07, 6.45) is 1.76. The standard InChI is InChI=1S/C26H16ClNO2S/c27-24-22-10-3-4-11-23(22)31-25(24)26(29)30-21-9-5-6-17(14-21)16-28-20-13-12-18-7-1-2-8-19(18)15-20/h1-16H. The van der Waals surface area contributed by atoms with E-state index < -0.39 is 5.97 Å². The highest BCUT2D eigenvalue weighted by Crippen LogP contribution is 2.35. The Hall–Kier alpha value is -3.47. The zero-order valence-corrected chi connectivity index (χ0v) is 17.9. The number of benzene rings is 4. The van der Waals surface area contributed by atoms with Crippen LogP contribution in [0, 0.1) is 0 Å². The van der Waals surface area contributed by atoms with E-state index in [-0.39, 0.29) is 0 Å². The van der Waals surface area contributed by atoms with Gasteiger partial charge in [0.05, 0.1) is 10.7 Å². The molecule has 0 N–H and O–H groups in total. The summed E-state index contributed by atoms with van der Waals surface area (Å²) in [7, 11) is 0. The quantitative estimate of drug-likeness (QED) is 0.163. The van der Waals surface area contributed by atoms with Crippen molar-refractivity contribution in [3.05, 3.63) is 106 Å². The molecule has 0 aliphatic rings. The van der Waals surface area contributed by atoms with Crippen LogP contribution in [0.2, 0.25) is 5.02 Å². The van der Waals surface area contributed by atoms with Crippen LogP contribution in [-0.2, 0) is 0 Å². The van der Waals surface area contributed by atoms with Gasteiger partial charge in [-0.3, -0.25) is 4.99 Å². The number of ether oxygens (including phenoxy) is 1. The summed E-state index contributed by atoms with van der Waals surface area (Å²) < 4.78 is 6.54. The van der Waals surface area contributed by atoms with Crippen molar-refractivity contribution >= 4 is 61.7 Å². The summed E-state index contributed by atoms with van der Waals surface area (Å²) in [5, 5.41) is 3.60. The first-order valence-corrected chi connectivity index (χ1v) is 10.9. The molecule has 1 heterocycles. The lowest BCUT2D eigenvalue weighted by molar-refractivity contribution is 0.0740. The lowest BCUT2D eigenvalue weighted by Gasteiger charge is -2.04. The van der Waals surface area contributed by atoms with Crippen molar-refractivity contribution in [2.45, 2.75) is 0 Å². The second kappa shape index (κ2) is 8.34. The Morgan fingerprint density at radius 2 is 1.68 bits per heavy atom. The van der Waals surface area contributed by atoms with E-state index in [1.165, 1.54) is 16.7 Å². The monoisotopic (exact) mass is 441 g/mol. The molecule has 0 amide bonds. The normalized spacial score (nSPS) is 11.4. The zero-order valence-electron chi connectivity index (χ0n) is 16.3. The Balaban J connectivity index is 1.36. The van der Waals surface area contributed by atoms with Crippen molar-refractivity contribution in [2.24, 2.45) is 4.99 Å². The van der Waals surface area contributed by atoms with E-state index in [2.05, 4.69) is 23.2 Å². The van der Waals surface area contributed by atoms with Crippen LogP contribution in [0.1, 0.15) is 15.2 Å². The van der Waals surface area contributed by atoms with Crippen molar-refractivity contribution in [2.75, 3.05) is 0 Å². The van der Waals surface area contributed by atoms with E-state index in [0.717, 1.165) is 26.7 Å². The molecule has 150 valence electrons. The molecule has 3 nitrogen and oxygen atoms in total. The van der Waals surface area contributed by atoms with Gasteiger partial charge >= 0.3 is 5.97 Å². The molecule has 5 heteroatoms. The smallest absolute Gasteiger partial charge is 0.355 e. The minimum atomic E-state index is -0.463. The van der Waals surface area contributed by atoms with Crippen LogP contribution < -0.4 is 4.74 Å². The number of carbonyl (C=O) groups is 1. The van der Waals surface area contributed by atoms with Gasteiger partial charge in [0, 0.05) is 16.3 Å². The molecule has 5 aromatic rings. The maximum atomic E-state index is 12.7. The van der Waals surface area contributed by atoms with Gasteiger partial charge in [0.15, 0.2) is 0 Å². The van der Waals surface area contributed by atoms with Crippen molar-refractivity contribution in [3.63, 3.8) is 0 Å². The molecule has 0 atom stereocenters. The topological polar surface area (TPSA) is 38.7 Å². The molecule has 0 fully saturated rings. The van der Waals surface area contributed by atoms with Crippen LogP contribution in [0.4, 0.5) is 5.69 Å². The van der Waals surface area contributed by atoms with E-state index in [0.29, 0.717) is 15.6 Å². The molecule has 0 saturated carbocycles. The molecule has 0 saturated heterocycles. The van der Waals surface area contributed by atoms with Gasteiger partial charge in [-0.25, -0.2) is 4.79 Å². The van der Waals surface area contributed by atoms with Crippen molar-refractivity contribution in [3.8, 4) is 5.75 Å². The molecule has 0 radical (unpaired) electrons. The summed E-state index contributed by atoms with van der Waals surface area (Å²) in [5.74, 6) is -0.0178. The lowest BCUT2D eigenvalue weighted by Crippen LogP contribution is -2.07. The lowest BCUT2D eigenvalue weighted by atomic mass is 10.1. The number of halogens is 1. The first-order valence-electron chi connectivity index (χ1n) is 9.69. The number of esters is 1. The van der Waals surface area contributed by atoms with Gasteiger partial charge in [0.1, 0.15) is 10.6 Å². The second-order valence-corrected chi connectivity index (χ2v) is 8.42. The molecule has 0 spiro atoms. The van der Waals surface area contributed by atoms with Crippen molar-refractivity contribution < 1.29 is 9.53 Å². The van der Waals surface area contributed by atoms with Gasteiger partial charge in [0.2, 0.25) is 0 Å². The van der Waals surface area contributed by atoms with Gasteiger partial charge in [-0.05, 0) is 46.7 Å². The number of fused-ring (bicyclic) bond motifs is 2. The van der Waals surface area contributed by atoms with E-state index in [9.17, 15) is 4.79 Å². The molecule has 0 aliphatic carbocycles. The SMILES string of the molecule is O=C(Oc1cccc(C=Nc2ccc3ccccc3c2)c1)c1sc2ccccc2c1Cl. The Labute approximate surface area is 188 Å². The van der Waals surface area contributed by atoms with Crippen LogP contribution >= 0.6 is 22.9 Å². The molecule has 31 heavy (non-hydrogen) atoms. The third-order valence-electron chi connectivity index (χ3n) is 4.88. The fourth-order valence-corrected chi connectivity index (χ4v) is 4.75. The molecule has 0 unspecified atom stereocenters. The van der Waals surface area contributed by atoms with Gasteiger partial charge < -0.3 is 4.74 Å². The maximum Gasteiger partial charge on any atom is 0.355 e. The van der Waals surface area contributed by atoms with Crippen molar-refractivity contribution in [1.82, 2.24) is 0 Å². The van der Waals surface area contributed by atoms with Gasteiger partial charge in [-0.2, -0.15) is 0 Å². The van der Waals surface area contributed by atoms with E-state index >= 15 is 0 Å². The van der Waals surface area contributed by atoms with Gasteiger partial charge in [-0.1, -0.05) is 72.3 Å². The predicted molar refractivity (Wildman–Crippen MR) is 129 cm³/mol. The predicted octanol–water partition coefficient (Wildman–Crippen LogP) is 7.68. The van der Waals surface area contributed by atoms with Crippen molar-refractivity contribution in [1.29, 1.82) is 0 Å². The van der Waals surface area contributed by atoms with E-state index in [1.807, 2.05) is 60.7 Å². The second-order valence-electron chi connectivity index (χ2n) is 6.99. The first kappa shape index (κ1) is 19.5. The Morgan fingerprint density at radius 1 is 0.871 bits per heavy atom. The number of hydrogen-bond acceptors (Lipinski definition) is 4. The molecule has 0 aliphatic heterocycles. The largest absolute Gasteiger partial charge is 0.422 e. The Bertz CT molecular complexity index is 1450. The number of nitrogens with zero attached hydrogens (tertiary/aromatic N) is 1. The van der Waals surface area contributed by atoms with Crippen LogP contribution in [0.5, 0.6) is 5.75 Å². The molecular weight excluding hydrogens is 426 g/mol. The zero-order chi connectivity index (χ0) is 21.2. The third-order valence-corrected chi connectivity index (χ3v) is 6.54. The Morgan fingerprint density at radius 3 is 2.55 bits per heavy atom. The highest BCUT2D eigenvalue weighted by molar-refractivity contribution is 7.21. The fourth-order valence-electron chi connectivity index (χ4n) is 3.36. The summed E-state index contributed by atoms with van der Waals surface area (Å²) in [6, 6.07) is 29.2. The minimum Gasteiger partial charge on any atom is -0.422 e. The highest BCUT2D eigenvalue weighted by atomic mass is 35.5. The average Bonchev–Trinajstić information content (AvgIpc) is 3.15. The fraction of sp³-hybridized carbons (Fsp3) is 0. The molecule has 5 rings (SSSR count). The first-order chi connectivity index (χ1) is 15.2. The number of aliphatic imine (C=N–C) groups is 1. The van der Waals surface area contributed by atoms with Gasteiger partial charge in [0.25, 0.3) is 0 Å². The maximum absolute atomic E-state index is 12.7. The van der Waals surface area contributed by atoms with Crippen LogP contribution in [-0.4, -0.2) is 12.2 Å². The number of thiophene rings is 1. The van der Waals surface area contributed by atoms with Gasteiger partial charge in [-0.15, -0.1) is 11.3 Å². The molecule has 4 aromatic carbocycles. The van der Waals surface area contributed by atoms with E-state index in [4.69, 9.17) is 16.3 Å². The molecular formula is C26H16ClNO2S. The minimum absolute atomic E-state index is 0.401. The summed E-state index contributed by atoms with van der Waals surface area (Å²) in [6.45, 7) is 0. The highest BCUT2D eigenvalue weighted by Gasteiger charge is 2.19. The van der Waals surface area contributed by atoms with Crippen LogP contribution in [0.15, 0.2) is 96.0 Å². The average molecular weight is 442 g/mol. The van der Waals surface area contributed by atoms with E-state index in [1.54, 1.807) is 18.3 Å². The van der Waals surface area contributed by atoms with Crippen LogP contribution in [0.3, 0.4) is 0 Å². The summed E-state index contributed by atoms with van der Waals surface area (Å²) in [4.78, 5) is 17.7. The molecule has 1 aromatic heterocycles. The third kappa shape index (κ3) is 4.08. The number of hydrogen-bond donors (Lipinski definition) is 0. The summed E-state index contributed by atoms with van der Waals surface area (Å²) >= 11 is 7.73. The number of carbonyl (C=O) groups excluding carboxylic acids is 1. The Kier molecular flexibility index (Phi) is 5.24.